The molecule has 2 heterocycles. The first kappa shape index (κ1) is 14.8. The number of halogens is 3. The van der Waals surface area contributed by atoms with E-state index < -0.39 is 18.3 Å². The van der Waals surface area contributed by atoms with E-state index in [1.54, 1.807) is 18.5 Å². The van der Waals surface area contributed by atoms with Crippen LogP contribution in [0.1, 0.15) is 12.5 Å². The van der Waals surface area contributed by atoms with Gasteiger partial charge in [0.1, 0.15) is 5.65 Å². The fourth-order valence-electron chi connectivity index (χ4n) is 2.17. The van der Waals surface area contributed by atoms with Crippen molar-refractivity contribution in [3.05, 3.63) is 30.1 Å². The molecule has 2 N–H and O–H groups in total. The molecule has 0 saturated heterocycles. The van der Waals surface area contributed by atoms with Crippen LogP contribution in [0.4, 0.5) is 13.2 Å². The molecule has 0 radical (unpaired) electrons. The number of aromatic nitrogens is 2. The van der Waals surface area contributed by atoms with Crippen LogP contribution in [0.2, 0.25) is 0 Å². The maximum absolute atomic E-state index is 12.7. The molecule has 0 amide bonds. The van der Waals surface area contributed by atoms with Crippen molar-refractivity contribution in [2.24, 2.45) is 0 Å². The van der Waals surface area contributed by atoms with Crippen LogP contribution in [0.25, 0.3) is 11.0 Å². The van der Waals surface area contributed by atoms with E-state index in [2.05, 4.69) is 20.0 Å². The van der Waals surface area contributed by atoms with Crippen molar-refractivity contribution in [2.75, 3.05) is 7.11 Å². The first-order valence-corrected chi connectivity index (χ1v) is 6.17. The van der Waals surface area contributed by atoms with E-state index >= 15 is 0 Å². The SMILES string of the molecule is COC(C(C)NCc1ccnc2[nH]ccc12)C(F)(F)F. The van der Waals surface area contributed by atoms with Crippen LogP contribution in [0, 0.1) is 0 Å². The van der Waals surface area contributed by atoms with Gasteiger partial charge in [0.2, 0.25) is 0 Å². The highest BCUT2D eigenvalue weighted by atomic mass is 19.4. The molecule has 2 aromatic heterocycles. The predicted molar refractivity (Wildman–Crippen MR) is 69.2 cm³/mol. The number of hydrogen-bond donors (Lipinski definition) is 2. The van der Waals surface area contributed by atoms with Crippen LogP contribution in [-0.2, 0) is 11.3 Å². The Balaban J connectivity index is 2.06. The normalized spacial score (nSPS) is 15.4. The van der Waals surface area contributed by atoms with Crippen molar-refractivity contribution >= 4 is 11.0 Å². The molecular weight excluding hydrogens is 271 g/mol. The lowest BCUT2D eigenvalue weighted by Crippen LogP contribution is -2.47. The second kappa shape index (κ2) is 5.80. The molecule has 0 aliphatic rings. The summed E-state index contributed by atoms with van der Waals surface area (Å²) in [6.45, 7) is 1.77. The monoisotopic (exact) mass is 287 g/mol. The summed E-state index contributed by atoms with van der Waals surface area (Å²) in [6.07, 6.45) is -2.84. The quantitative estimate of drug-likeness (QED) is 0.888. The Labute approximate surface area is 114 Å². The molecule has 0 aromatic carbocycles. The summed E-state index contributed by atoms with van der Waals surface area (Å²) in [5.41, 5.74) is 1.61. The summed E-state index contributed by atoms with van der Waals surface area (Å²) in [5, 5.41) is 3.75. The molecule has 0 fully saturated rings. The Morgan fingerprint density at radius 2 is 2.15 bits per heavy atom. The number of aromatic amines is 1. The number of nitrogens with zero attached hydrogens (tertiary/aromatic N) is 1. The Hall–Kier alpha value is -1.60. The third-order valence-corrected chi connectivity index (χ3v) is 3.20. The number of fused-ring (bicyclic) bond motifs is 1. The first-order chi connectivity index (χ1) is 9.43. The molecule has 20 heavy (non-hydrogen) atoms. The zero-order valence-corrected chi connectivity index (χ0v) is 11.2. The summed E-state index contributed by atoms with van der Waals surface area (Å²) < 4.78 is 42.7. The van der Waals surface area contributed by atoms with Crippen molar-refractivity contribution in [1.29, 1.82) is 0 Å². The average molecular weight is 287 g/mol. The van der Waals surface area contributed by atoms with Gasteiger partial charge in [-0.15, -0.1) is 0 Å². The number of H-pyrrole nitrogens is 1. The number of hydrogen-bond acceptors (Lipinski definition) is 3. The lowest BCUT2D eigenvalue weighted by atomic mass is 10.1. The van der Waals surface area contributed by atoms with Crippen LogP contribution in [0.3, 0.4) is 0 Å². The molecule has 0 saturated carbocycles. The minimum absolute atomic E-state index is 0.313. The standard InChI is InChI=1S/C13H16F3N3O/c1-8(11(20-2)13(14,15)16)19-7-9-3-5-17-12-10(9)4-6-18-12/h3-6,8,11,19H,7H2,1-2H3,(H,17,18). The van der Waals surface area contributed by atoms with Gasteiger partial charge in [0.05, 0.1) is 0 Å². The molecule has 0 aliphatic heterocycles. The zero-order chi connectivity index (χ0) is 14.8. The van der Waals surface area contributed by atoms with Gasteiger partial charge in [-0.05, 0) is 24.6 Å². The van der Waals surface area contributed by atoms with Gasteiger partial charge in [-0.2, -0.15) is 13.2 Å². The lowest BCUT2D eigenvalue weighted by molar-refractivity contribution is -0.219. The third kappa shape index (κ3) is 3.10. The highest BCUT2D eigenvalue weighted by Crippen LogP contribution is 2.25. The Morgan fingerprint density at radius 3 is 2.80 bits per heavy atom. The summed E-state index contributed by atoms with van der Waals surface area (Å²) in [7, 11) is 1.06. The van der Waals surface area contributed by atoms with Crippen molar-refractivity contribution in [3.8, 4) is 0 Å². The van der Waals surface area contributed by atoms with Gasteiger partial charge in [0, 0.05) is 37.5 Å². The van der Waals surface area contributed by atoms with Crippen LogP contribution in [-0.4, -0.2) is 35.4 Å². The van der Waals surface area contributed by atoms with Gasteiger partial charge in [0.15, 0.2) is 6.10 Å². The van der Waals surface area contributed by atoms with Crippen LogP contribution >= 0.6 is 0 Å². The van der Waals surface area contributed by atoms with E-state index in [9.17, 15) is 13.2 Å². The van der Waals surface area contributed by atoms with Crippen molar-refractivity contribution in [2.45, 2.75) is 31.8 Å². The first-order valence-electron chi connectivity index (χ1n) is 6.17. The Morgan fingerprint density at radius 1 is 1.40 bits per heavy atom. The van der Waals surface area contributed by atoms with Gasteiger partial charge in [-0.1, -0.05) is 0 Å². The Kier molecular flexibility index (Phi) is 4.29. The van der Waals surface area contributed by atoms with E-state index in [4.69, 9.17) is 0 Å². The number of alkyl halides is 3. The fourth-order valence-corrected chi connectivity index (χ4v) is 2.17. The molecule has 2 aromatic rings. The summed E-state index contributed by atoms with van der Waals surface area (Å²) in [5.74, 6) is 0. The fraction of sp³-hybridized carbons (Fsp3) is 0.462. The number of rotatable bonds is 5. The molecule has 2 rings (SSSR count). The van der Waals surface area contributed by atoms with Crippen molar-refractivity contribution in [3.63, 3.8) is 0 Å². The van der Waals surface area contributed by atoms with E-state index in [-0.39, 0.29) is 0 Å². The van der Waals surface area contributed by atoms with Crippen LogP contribution < -0.4 is 5.32 Å². The molecule has 2 atom stereocenters. The van der Waals surface area contributed by atoms with E-state index in [1.165, 1.54) is 6.92 Å². The molecule has 4 nitrogen and oxygen atoms in total. The second-order valence-electron chi connectivity index (χ2n) is 4.58. The summed E-state index contributed by atoms with van der Waals surface area (Å²) in [6, 6.07) is 2.79. The third-order valence-electron chi connectivity index (χ3n) is 3.20. The van der Waals surface area contributed by atoms with E-state index in [0.29, 0.717) is 6.54 Å². The number of nitrogens with one attached hydrogen (secondary N) is 2. The Bertz CT molecular complexity index is 567. The molecule has 2 unspecified atom stereocenters. The summed E-state index contributed by atoms with van der Waals surface area (Å²) >= 11 is 0. The van der Waals surface area contributed by atoms with Crippen LogP contribution in [0.15, 0.2) is 24.5 Å². The number of pyridine rings is 1. The van der Waals surface area contributed by atoms with E-state index in [1.807, 2.05) is 6.07 Å². The minimum atomic E-state index is -4.39. The average Bonchev–Trinajstić information content (AvgIpc) is 2.84. The van der Waals surface area contributed by atoms with Crippen LogP contribution in [0.5, 0.6) is 0 Å². The van der Waals surface area contributed by atoms with Gasteiger partial charge in [-0.25, -0.2) is 4.98 Å². The molecule has 0 aliphatic carbocycles. The molecule has 7 heteroatoms. The van der Waals surface area contributed by atoms with Crippen molar-refractivity contribution < 1.29 is 17.9 Å². The van der Waals surface area contributed by atoms with Gasteiger partial charge >= 0.3 is 6.18 Å². The zero-order valence-electron chi connectivity index (χ0n) is 11.2. The summed E-state index contributed by atoms with van der Waals surface area (Å²) in [4.78, 5) is 7.09. The number of ether oxygens (including phenoxy) is 1. The molecule has 110 valence electrons. The topological polar surface area (TPSA) is 49.9 Å². The smallest absolute Gasteiger partial charge is 0.370 e. The van der Waals surface area contributed by atoms with Gasteiger partial charge < -0.3 is 15.0 Å². The van der Waals surface area contributed by atoms with Crippen molar-refractivity contribution in [1.82, 2.24) is 15.3 Å². The molecule has 0 spiro atoms. The second-order valence-corrected chi connectivity index (χ2v) is 4.58. The van der Waals surface area contributed by atoms with Gasteiger partial charge in [-0.3, -0.25) is 0 Å². The maximum Gasteiger partial charge on any atom is 0.416 e. The highest BCUT2D eigenvalue weighted by molar-refractivity contribution is 5.79. The number of methoxy groups -OCH3 is 1. The molecular formula is C13H16F3N3O. The lowest BCUT2D eigenvalue weighted by Gasteiger charge is -2.25. The molecule has 0 bridgehead atoms. The maximum atomic E-state index is 12.7. The van der Waals surface area contributed by atoms with Gasteiger partial charge in [0.25, 0.3) is 0 Å². The van der Waals surface area contributed by atoms with E-state index in [0.717, 1.165) is 23.7 Å². The highest BCUT2D eigenvalue weighted by Gasteiger charge is 2.43. The minimum Gasteiger partial charge on any atom is -0.370 e. The largest absolute Gasteiger partial charge is 0.416 e. The predicted octanol–water partition coefficient (Wildman–Crippen LogP) is 2.62.